The number of carboxylic acids is 1. The number of aliphatic carboxylic acids is 1. The molecule has 12 heteroatoms. The molecule has 1 heterocycles. The van der Waals surface area contributed by atoms with Crippen LogP contribution >= 0.6 is 0 Å². The Morgan fingerprint density at radius 3 is 2.09 bits per heavy atom. The Hall–Kier alpha value is -3.93. The van der Waals surface area contributed by atoms with Gasteiger partial charge in [0.25, 0.3) is 15.9 Å². The van der Waals surface area contributed by atoms with Crippen LogP contribution in [-0.4, -0.2) is 36.6 Å². The number of amides is 1. The van der Waals surface area contributed by atoms with Gasteiger partial charge in [0, 0.05) is 17.4 Å². The Morgan fingerprint density at radius 1 is 0.971 bits per heavy atom. The van der Waals surface area contributed by atoms with E-state index in [2.05, 4.69) is 15.0 Å². The number of pyridine rings is 1. The Bertz CT molecular complexity index is 1260. The van der Waals surface area contributed by atoms with Gasteiger partial charge in [0.15, 0.2) is 0 Å². The maximum absolute atomic E-state index is 12.4. The average Bonchev–Trinajstić information content (AvgIpc) is 2.74. The van der Waals surface area contributed by atoms with Crippen molar-refractivity contribution in [1.29, 1.82) is 0 Å². The molecule has 3 aromatic rings. The summed E-state index contributed by atoms with van der Waals surface area (Å²) in [7, 11) is -3.75. The molecule has 0 aliphatic rings. The molecule has 0 aliphatic heterocycles. The van der Waals surface area contributed by atoms with Crippen molar-refractivity contribution in [2.45, 2.75) is 24.9 Å². The second kappa shape index (κ2) is 10.8. The highest BCUT2D eigenvalue weighted by Gasteiger charge is 2.38. The molecule has 0 atom stereocenters. The lowest BCUT2D eigenvalue weighted by molar-refractivity contribution is -0.192. The number of carboxylic acid groups (broad SMARTS) is 1. The fraction of sp³-hybridized carbons (Fsp3) is 0.136. The molecule has 0 radical (unpaired) electrons. The van der Waals surface area contributed by atoms with E-state index in [0.29, 0.717) is 11.3 Å². The largest absolute Gasteiger partial charge is 0.490 e. The minimum Gasteiger partial charge on any atom is -0.475 e. The number of alkyl halides is 3. The Balaban J connectivity index is 0.000000509. The maximum atomic E-state index is 12.4. The fourth-order valence-electron chi connectivity index (χ4n) is 2.60. The van der Waals surface area contributed by atoms with Crippen LogP contribution in [0.1, 0.15) is 21.5 Å². The number of carbonyl (C=O) groups is 2. The van der Waals surface area contributed by atoms with Gasteiger partial charge in [-0.25, -0.2) is 18.2 Å². The van der Waals surface area contributed by atoms with Gasteiger partial charge in [-0.1, -0.05) is 23.8 Å². The van der Waals surface area contributed by atoms with E-state index in [4.69, 9.17) is 9.90 Å². The normalized spacial score (nSPS) is 11.1. The first-order valence-corrected chi connectivity index (χ1v) is 11.0. The molecule has 0 fully saturated rings. The summed E-state index contributed by atoms with van der Waals surface area (Å²) in [4.78, 5) is 25.3. The van der Waals surface area contributed by atoms with E-state index in [9.17, 15) is 26.4 Å². The van der Waals surface area contributed by atoms with Gasteiger partial charge in [0.05, 0.1) is 4.90 Å². The van der Waals surface area contributed by atoms with Crippen LogP contribution in [0, 0.1) is 13.8 Å². The maximum Gasteiger partial charge on any atom is 0.490 e. The number of aromatic nitrogens is 1. The lowest BCUT2D eigenvalue weighted by Gasteiger charge is -2.10. The zero-order valence-corrected chi connectivity index (χ0v) is 18.7. The van der Waals surface area contributed by atoms with Gasteiger partial charge in [0.1, 0.15) is 5.82 Å². The molecule has 0 bridgehead atoms. The summed E-state index contributed by atoms with van der Waals surface area (Å²) >= 11 is 0. The van der Waals surface area contributed by atoms with Crippen LogP contribution in [0.2, 0.25) is 0 Å². The molecule has 0 unspecified atom stereocenters. The van der Waals surface area contributed by atoms with E-state index in [1.807, 2.05) is 26.0 Å². The van der Waals surface area contributed by atoms with Crippen LogP contribution in [0.3, 0.4) is 0 Å². The zero-order valence-electron chi connectivity index (χ0n) is 17.9. The van der Waals surface area contributed by atoms with Crippen molar-refractivity contribution < 1.29 is 36.3 Å². The molecule has 8 nitrogen and oxygen atoms in total. The van der Waals surface area contributed by atoms with Gasteiger partial charge < -0.3 is 10.4 Å². The van der Waals surface area contributed by atoms with Gasteiger partial charge in [-0.3, -0.25) is 9.52 Å². The Labute approximate surface area is 193 Å². The zero-order chi connectivity index (χ0) is 25.5. The van der Waals surface area contributed by atoms with E-state index in [0.717, 1.165) is 11.1 Å². The SMILES string of the molecule is Cc1ccc(C(=O)Nc2ccc(S(=O)(=O)Nc3ccccn3)cc2)c(C)c1.O=C(O)C(F)(F)F. The smallest absolute Gasteiger partial charge is 0.475 e. The van der Waals surface area contributed by atoms with Gasteiger partial charge in [-0.2, -0.15) is 13.2 Å². The number of benzene rings is 2. The number of anilines is 2. The summed E-state index contributed by atoms with van der Waals surface area (Å²) < 4.78 is 58.9. The summed E-state index contributed by atoms with van der Waals surface area (Å²) in [6.45, 7) is 3.84. The number of hydrogen-bond donors (Lipinski definition) is 3. The van der Waals surface area contributed by atoms with Crippen LogP contribution in [0.4, 0.5) is 24.7 Å². The van der Waals surface area contributed by atoms with Crippen LogP contribution in [0.5, 0.6) is 0 Å². The number of sulfonamides is 1. The van der Waals surface area contributed by atoms with Gasteiger partial charge in [-0.15, -0.1) is 0 Å². The van der Waals surface area contributed by atoms with Crippen LogP contribution < -0.4 is 10.0 Å². The highest BCUT2D eigenvalue weighted by atomic mass is 32.2. The predicted octanol–water partition coefficient (Wildman–Crippen LogP) is 4.38. The van der Waals surface area contributed by atoms with E-state index < -0.39 is 22.2 Å². The molecule has 0 aliphatic carbocycles. The van der Waals surface area contributed by atoms with E-state index in [-0.39, 0.29) is 16.6 Å². The van der Waals surface area contributed by atoms with E-state index in [1.54, 1.807) is 36.4 Å². The monoisotopic (exact) mass is 495 g/mol. The van der Waals surface area contributed by atoms with Crippen molar-refractivity contribution >= 4 is 33.4 Å². The molecule has 0 saturated heterocycles. The second-order valence-electron chi connectivity index (χ2n) is 6.92. The standard InChI is InChI=1S/C20H19N3O3S.C2HF3O2/c1-14-6-11-18(15(2)13-14)20(24)22-16-7-9-17(10-8-16)27(25,26)23-19-5-3-4-12-21-19;3-2(4,5)1(6)7/h3-13H,1-2H3,(H,21,23)(H,22,24);(H,6,7). The molecule has 1 amide bonds. The van der Waals surface area contributed by atoms with Gasteiger partial charge in [0.2, 0.25) is 0 Å². The van der Waals surface area contributed by atoms with Crippen molar-refractivity contribution in [3.05, 3.63) is 83.6 Å². The number of aryl methyl sites for hydroxylation is 2. The van der Waals surface area contributed by atoms with Crippen molar-refractivity contribution in [1.82, 2.24) is 4.98 Å². The third kappa shape index (κ3) is 7.59. The lowest BCUT2D eigenvalue weighted by atomic mass is 10.1. The number of nitrogens with zero attached hydrogens (tertiary/aromatic N) is 1. The molecule has 3 N–H and O–H groups in total. The third-order valence-electron chi connectivity index (χ3n) is 4.20. The molecular weight excluding hydrogens is 475 g/mol. The van der Waals surface area contributed by atoms with Crippen molar-refractivity contribution in [3.63, 3.8) is 0 Å². The number of carbonyl (C=O) groups excluding carboxylic acids is 1. The number of nitrogens with one attached hydrogen (secondary N) is 2. The lowest BCUT2D eigenvalue weighted by Crippen LogP contribution is -2.21. The number of hydrogen-bond acceptors (Lipinski definition) is 5. The highest BCUT2D eigenvalue weighted by molar-refractivity contribution is 7.92. The molecule has 0 spiro atoms. The molecular formula is C22H20F3N3O5S. The Kier molecular flexibility index (Phi) is 8.36. The van der Waals surface area contributed by atoms with Crippen LogP contribution in [-0.2, 0) is 14.8 Å². The second-order valence-corrected chi connectivity index (χ2v) is 8.60. The number of rotatable bonds is 5. The topological polar surface area (TPSA) is 125 Å². The Morgan fingerprint density at radius 2 is 1.59 bits per heavy atom. The minimum absolute atomic E-state index is 0.0812. The summed E-state index contributed by atoms with van der Waals surface area (Å²) in [5.41, 5.74) is 3.05. The molecule has 0 saturated carbocycles. The minimum atomic E-state index is -5.08. The first-order valence-electron chi connectivity index (χ1n) is 9.52. The first kappa shape index (κ1) is 26.3. The molecule has 2 aromatic carbocycles. The molecule has 34 heavy (non-hydrogen) atoms. The van der Waals surface area contributed by atoms with Crippen molar-refractivity contribution in [2.24, 2.45) is 0 Å². The summed E-state index contributed by atoms with van der Waals surface area (Å²) in [5.74, 6) is -2.76. The molecule has 3 rings (SSSR count). The van der Waals surface area contributed by atoms with Crippen molar-refractivity contribution in [2.75, 3.05) is 10.0 Å². The van der Waals surface area contributed by atoms with Crippen LogP contribution in [0.15, 0.2) is 71.8 Å². The van der Waals surface area contributed by atoms with Crippen molar-refractivity contribution in [3.8, 4) is 0 Å². The van der Waals surface area contributed by atoms with Gasteiger partial charge in [-0.05, 0) is 61.9 Å². The average molecular weight is 495 g/mol. The first-order chi connectivity index (χ1) is 15.8. The van der Waals surface area contributed by atoms with Gasteiger partial charge >= 0.3 is 12.1 Å². The van der Waals surface area contributed by atoms with E-state index in [1.165, 1.54) is 18.3 Å². The quantitative estimate of drug-likeness (QED) is 0.482. The summed E-state index contributed by atoms with van der Waals surface area (Å²) in [6.07, 6.45) is -3.58. The fourth-order valence-corrected chi connectivity index (χ4v) is 3.61. The highest BCUT2D eigenvalue weighted by Crippen LogP contribution is 2.19. The number of halogens is 3. The predicted molar refractivity (Wildman–Crippen MR) is 119 cm³/mol. The summed E-state index contributed by atoms with van der Waals surface area (Å²) in [6, 6.07) is 16.5. The third-order valence-corrected chi connectivity index (χ3v) is 5.57. The van der Waals surface area contributed by atoms with E-state index >= 15 is 0 Å². The molecule has 1 aromatic heterocycles. The molecule has 180 valence electrons. The van der Waals surface area contributed by atoms with Crippen LogP contribution in [0.25, 0.3) is 0 Å². The summed E-state index contributed by atoms with van der Waals surface area (Å²) in [5, 5.41) is 9.91.